The van der Waals surface area contributed by atoms with Crippen LogP contribution in [-0.4, -0.2) is 42.2 Å². The van der Waals surface area contributed by atoms with Crippen molar-refractivity contribution >= 4 is 33.3 Å². The molecule has 1 aliphatic heterocycles. The van der Waals surface area contributed by atoms with Crippen LogP contribution in [-0.2, 0) is 4.74 Å². The summed E-state index contributed by atoms with van der Waals surface area (Å²) >= 11 is 4.79. The third-order valence-corrected chi connectivity index (χ3v) is 4.03. The normalized spacial score (nSPS) is 19.3. The molecular weight excluding hydrogens is 330 g/mol. The number of nitrogens with one attached hydrogen (secondary N) is 1. The summed E-state index contributed by atoms with van der Waals surface area (Å²) in [6, 6.07) is -0.0952. The lowest BCUT2D eigenvalue weighted by Crippen LogP contribution is -2.47. The third kappa shape index (κ3) is 4.02. The van der Waals surface area contributed by atoms with Crippen molar-refractivity contribution in [1.29, 1.82) is 0 Å². The third-order valence-electron chi connectivity index (χ3n) is 2.70. The Kier molecular flexibility index (Phi) is 4.95. The Balaban J connectivity index is 1.93. The Morgan fingerprint density at radius 2 is 2.58 bits per heavy atom. The minimum Gasteiger partial charge on any atom is -0.367 e. The van der Waals surface area contributed by atoms with Crippen LogP contribution in [0.3, 0.4) is 0 Å². The van der Waals surface area contributed by atoms with Crippen molar-refractivity contribution in [2.24, 2.45) is 0 Å². The molecule has 1 aromatic heterocycles. The summed E-state index contributed by atoms with van der Waals surface area (Å²) in [6.07, 6.45) is -0.120. The lowest BCUT2D eigenvalue weighted by molar-refractivity contribution is -0.0154. The van der Waals surface area contributed by atoms with Crippen LogP contribution < -0.4 is 5.32 Å². The minimum absolute atomic E-state index is 0.0952. The van der Waals surface area contributed by atoms with E-state index >= 15 is 0 Å². The zero-order chi connectivity index (χ0) is 13.8. The van der Waals surface area contributed by atoms with Crippen molar-refractivity contribution in [1.82, 2.24) is 15.2 Å². The summed E-state index contributed by atoms with van der Waals surface area (Å²) in [5, 5.41) is 5.72. The van der Waals surface area contributed by atoms with Gasteiger partial charge in [-0.1, -0.05) is 22.5 Å². The van der Waals surface area contributed by atoms with Crippen LogP contribution in [0, 0.1) is 6.92 Å². The number of aryl methyl sites for hydroxylation is 1. The van der Waals surface area contributed by atoms with Gasteiger partial charge in [-0.15, -0.1) is 11.3 Å². The van der Waals surface area contributed by atoms with Crippen LogP contribution in [0.5, 0.6) is 0 Å². The molecule has 0 unspecified atom stereocenters. The number of ether oxygens (including phenoxy) is 1. The first-order valence-electron chi connectivity index (χ1n) is 5.96. The number of carbonyl (C=O) groups is 1. The maximum atomic E-state index is 12.0. The van der Waals surface area contributed by atoms with E-state index in [2.05, 4.69) is 32.8 Å². The van der Waals surface area contributed by atoms with E-state index in [-0.39, 0.29) is 12.1 Å². The van der Waals surface area contributed by atoms with Gasteiger partial charge in [0.25, 0.3) is 0 Å². The number of morpholine rings is 1. The average molecular weight is 346 g/mol. The van der Waals surface area contributed by atoms with Crippen molar-refractivity contribution in [2.75, 3.05) is 26.2 Å². The molecular formula is C12H16BrN3O2S. The fraction of sp³-hybridized carbons (Fsp3) is 0.500. The molecule has 0 bridgehead atoms. The molecule has 104 valence electrons. The Labute approximate surface area is 124 Å². The van der Waals surface area contributed by atoms with Gasteiger partial charge in [0.1, 0.15) is 11.1 Å². The summed E-state index contributed by atoms with van der Waals surface area (Å²) in [7, 11) is 0. The van der Waals surface area contributed by atoms with Crippen molar-refractivity contribution in [2.45, 2.75) is 13.0 Å². The van der Waals surface area contributed by atoms with Gasteiger partial charge in [0.2, 0.25) is 0 Å². The first kappa shape index (κ1) is 14.5. The fourth-order valence-corrected chi connectivity index (χ4v) is 2.76. The first-order valence-corrected chi connectivity index (χ1v) is 7.63. The second-order valence-electron chi connectivity index (χ2n) is 4.31. The Morgan fingerprint density at radius 1 is 1.79 bits per heavy atom. The smallest absolute Gasteiger partial charge is 0.317 e. The van der Waals surface area contributed by atoms with Crippen molar-refractivity contribution in [3.05, 3.63) is 27.1 Å². The fourth-order valence-electron chi connectivity index (χ4n) is 1.79. The SMILES string of the molecule is C=C(Br)CNC(=O)N1CCO[C@@H](c2nc(C)cs2)C1. The van der Waals surface area contributed by atoms with Crippen molar-refractivity contribution < 1.29 is 9.53 Å². The van der Waals surface area contributed by atoms with Gasteiger partial charge >= 0.3 is 6.03 Å². The molecule has 1 aromatic rings. The van der Waals surface area contributed by atoms with Crippen LogP contribution in [0.4, 0.5) is 4.79 Å². The lowest BCUT2D eigenvalue weighted by Gasteiger charge is -2.32. The van der Waals surface area contributed by atoms with Crippen molar-refractivity contribution in [3.63, 3.8) is 0 Å². The quantitative estimate of drug-likeness (QED) is 0.915. The molecule has 2 amide bonds. The zero-order valence-corrected chi connectivity index (χ0v) is 13.1. The standard InChI is InChI=1S/C12H16BrN3O2S/c1-8(13)5-14-12(17)16-3-4-18-10(6-16)11-15-9(2)7-19-11/h7,10H,1,3-6H2,2H3,(H,14,17)/t10-/m1/s1. The predicted molar refractivity (Wildman–Crippen MR) is 78.6 cm³/mol. The maximum absolute atomic E-state index is 12.0. The maximum Gasteiger partial charge on any atom is 0.317 e. The number of thiazole rings is 1. The molecule has 19 heavy (non-hydrogen) atoms. The highest BCUT2D eigenvalue weighted by Crippen LogP contribution is 2.25. The molecule has 0 saturated carbocycles. The molecule has 1 fully saturated rings. The number of halogens is 1. The van der Waals surface area contributed by atoms with E-state index < -0.39 is 0 Å². The summed E-state index contributed by atoms with van der Waals surface area (Å²) < 4.78 is 6.43. The minimum atomic E-state index is -0.120. The number of hydrogen-bond donors (Lipinski definition) is 1. The molecule has 1 N–H and O–H groups in total. The number of amides is 2. The van der Waals surface area contributed by atoms with Gasteiger partial charge in [-0.3, -0.25) is 0 Å². The van der Waals surface area contributed by atoms with Gasteiger partial charge in [-0.2, -0.15) is 0 Å². The molecule has 7 heteroatoms. The van der Waals surface area contributed by atoms with Crippen LogP contribution in [0.2, 0.25) is 0 Å². The number of nitrogens with zero attached hydrogens (tertiary/aromatic N) is 2. The highest BCUT2D eigenvalue weighted by molar-refractivity contribution is 9.11. The van der Waals surface area contributed by atoms with Gasteiger partial charge < -0.3 is 15.0 Å². The van der Waals surface area contributed by atoms with E-state index in [4.69, 9.17) is 4.74 Å². The Bertz CT molecular complexity index is 477. The Hall–Kier alpha value is -0.920. The molecule has 1 atom stereocenters. The Morgan fingerprint density at radius 3 is 3.21 bits per heavy atom. The lowest BCUT2D eigenvalue weighted by atomic mass is 10.3. The molecule has 0 aliphatic carbocycles. The topological polar surface area (TPSA) is 54.5 Å². The highest BCUT2D eigenvalue weighted by atomic mass is 79.9. The molecule has 0 aromatic carbocycles. The van der Waals surface area contributed by atoms with Crippen LogP contribution >= 0.6 is 27.3 Å². The number of hydrogen-bond acceptors (Lipinski definition) is 4. The summed E-state index contributed by atoms with van der Waals surface area (Å²) in [4.78, 5) is 18.1. The number of carbonyl (C=O) groups excluding carboxylic acids is 1. The predicted octanol–water partition coefficient (Wildman–Crippen LogP) is 2.44. The molecule has 2 heterocycles. The van der Waals surface area contributed by atoms with Gasteiger partial charge in [0, 0.05) is 22.1 Å². The summed E-state index contributed by atoms with van der Waals surface area (Å²) in [5.41, 5.74) is 0.987. The van der Waals surface area contributed by atoms with E-state index in [9.17, 15) is 4.79 Å². The molecule has 5 nitrogen and oxygen atoms in total. The van der Waals surface area contributed by atoms with Gasteiger partial charge in [0.15, 0.2) is 0 Å². The largest absolute Gasteiger partial charge is 0.367 e. The average Bonchev–Trinajstić information content (AvgIpc) is 2.83. The van der Waals surface area contributed by atoms with Crippen LogP contribution in [0.1, 0.15) is 16.8 Å². The number of rotatable bonds is 3. The van der Waals surface area contributed by atoms with E-state index in [0.29, 0.717) is 26.2 Å². The first-order chi connectivity index (χ1) is 9.06. The molecule has 1 saturated heterocycles. The molecule has 0 radical (unpaired) electrons. The second-order valence-corrected chi connectivity index (χ2v) is 6.32. The molecule has 1 aliphatic rings. The van der Waals surface area contributed by atoms with E-state index in [0.717, 1.165) is 15.2 Å². The van der Waals surface area contributed by atoms with Crippen molar-refractivity contribution in [3.8, 4) is 0 Å². The van der Waals surface area contributed by atoms with E-state index in [1.807, 2.05) is 12.3 Å². The number of aromatic nitrogens is 1. The summed E-state index contributed by atoms with van der Waals surface area (Å²) in [5.74, 6) is 0. The van der Waals surface area contributed by atoms with Gasteiger partial charge in [-0.05, 0) is 6.92 Å². The highest BCUT2D eigenvalue weighted by Gasteiger charge is 2.27. The van der Waals surface area contributed by atoms with Crippen LogP contribution in [0.25, 0.3) is 0 Å². The second kappa shape index (κ2) is 6.49. The molecule has 2 rings (SSSR count). The van der Waals surface area contributed by atoms with E-state index in [1.165, 1.54) is 0 Å². The summed E-state index contributed by atoms with van der Waals surface area (Å²) in [6.45, 7) is 7.74. The van der Waals surface area contributed by atoms with Gasteiger partial charge in [-0.25, -0.2) is 9.78 Å². The molecule has 0 spiro atoms. The zero-order valence-electron chi connectivity index (χ0n) is 10.7. The van der Waals surface area contributed by atoms with Crippen LogP contribution in [0.15, 0.2) is 16.4 Å². The monoisotopic (exact) mass is 345 g/mol. The van der Waals surface area contributed by atoms with Gasteiger partial charge in [0.05, 0.1) is 19.7 Å². The van der Waals surface area contributed by atoms with E-state index in [1.54, 1.807) is 16.2 Å². The number of urea groups is 1.